The van der Waals surface area contributed by atoms with Crippen LogP contribution >= 0.6 is 11.6 Å². The second-order valence-corrected chi connectivity index (χ2v) is 12.3. The molecule has 2 rings (SSSR count). The van der Waals surface area contributed by atoms with Crippen LogP contribution < -0.4 is 15.4 Å². The Morgan fingerprint density at radius 3 is 2.00 bits per heavy atom. The quantitative estimate of drug-likeness (QED) is 0.153. The molecule has 0 aliphatic carbocycles. The van der Waals surface area contributed by atoms with Crippen LogP contribution in [0.1, 0.15) is 71.3 Å². The van der Waals surface area contributed by atoms with Crippen molar-refractivity contribution >= 4 is 35.7 Å². The Bertz CT molecular complexity index is 1260. The summed E-state index contributed by atoms with van der Waals surface area (Å²) in [6.07, 6.45) is -3.09. The van der Waals surface area contributed by atoms with Crippen LogP contribution in [0.3, 0.4) is 0 Å². The molecule has 0 fully saturated rings. The van der Waals surface area contributed by atoms with E-state index in [4.69, 9.17) is 35.3 Å². The van der Waals surface area contributed by atoms with Crippen LogP contribution in [0, 0.1) is 5.92 Å². The van der Waals surface area contributed by atoms with Crippen LogP contribution in [0.5, 0.6) is 5.75 Å². The molecule has 0 saturated heterocycles. The number of amides is 2. The summed E-state index contributed by atoms with van der Waals surface area (Å²) in [6.45, 7) is 13.7. The molecule has 0 spiro atoms. The Hall–Kier alpha value is -3.99. The Kier molecular flexibility index (Phi) is 13.3. The number of hydrogen-bond donors (Lipinski definition) is 2. The predicted molar refractivity (Wildman–Crippen MR) is 165 cm³/mol. The summed E-state index contributed by atoms with van der Waals surface area (Å²) in [5, 5.41) is 5.98. The summed E-state index contributed by atoms with van der Waals surface area (Å²) in [6, 6.07) is 13.7. The van der Waals surface area contributed by atoms with Crippen molar-refractivity contribution in [3.05, 3.63) is 64.7 Å². The van der Waals surface area contributed by atoms with E-state index in [-0.39, 0.29) is 18.4 Å². The first kappa shape index (κ1) is 36.2. The molecule has 0 aliphatic rings. The minimum Gasteiger partial charge on any atom is -0.476 e. The largest absolute Gasteiger partial charge is 0.511 e. The van der Waals surface area contributed by atoms with Gasteiger partial charge in [0.05, 0.1) is 6.54 Å². The van der Waals surface area contributed by atoms with Crippen LogP contribution in [0.4, 0.5) is 9.59 Å². The second-order valence-electron chi connectivity index (χ2n) is 11.9. The standard InChI is InChI=1S/C32H43ClN2O9/c1-20(2)26(19-35-29(38)44-31(4,5)6)42-30(39)41-21(3)40-28(37)32(7,8)43-25-15-9-22(10-16-25)17-18-34-27(36)23-11-13-24(33)14-12-23/h9-16,20-21,26H,17-19H2,1-8H3,(H,34,36)(H,35,38). The topological polar surface area (TPSA) is 138 Å². The highest BCUT2D eigenvalue weighted by atomic mass is 35.5. The monoisotopic (exact) mass is 634 g/mol. The van der Waals surface area contributed by atoms with Crippen LogP contribution in [-0.4, -0.2) is 60.8 Å². The third-order valence-electron chi connectivity index (χ3n) is 5.97. The smallest absolute Gasteiger partial charge is 0.476 e. The van der Waals surface area contributed by atoms with Gasteiger partial charge in [0, 0.05) is 24.1 Å². The van der Waals surface area contributed by atoms with Gasteiger partial charge in [-0.3, -0.25) is 4.79 Å². The van der Waals surface area contributed by atoms with E-state index in [1.165, 1.54) is 20.8 Å². The molecule has 11 nitrogen and oxygen atoms in total. The Balaban J connectivity index is 1.80. The molecular formula is C32H43ClN2O9. The molecule has 0 bridgehead atoms. The highest BCUT2D eigenvalue weighted by Crippen LogP contribution is 2.21. The van der Waals surface area contributed by atoms with E-state index >= 15 is 0 Å². The molecule has 2 aromatic rings. The van der Waals surface area contributed by atoms with Gasteiger partial charge in [-0.2, -0.15) is 0 Å². The summed E-state index contributed by atoms with van der Waals surface area (Å²) in [4.78, 5) is 49.3. The Morgan fingerprint density at radius 1 is 0.818 bits per heavy atom. The number of benzene rings is 2. The zero-order chi connectivity index (χ0) is 33.1. The molecule has 2 unspecified atom stereocenters. The van der Waals surface area contributed by atoms with E-state index in [9.17, 15) is 19.2 Å². The lowest BCUT2D eigenvalue weighted by molar-refractivity contribution is -0.184. The third kappa shape index (κ3) is 13.1. The van der Waals surface area contributed by atoms with E-state index in [0.29, 0.717) is 29.3 Å². The van der Waals surface area contributed by atoms with Gasteiger partial charge in [0.2, 0.25) is 6.29 Å². The number of carbonyl (C=O) groups is 4. The second kappa shape index (κ2) is 16.2. The lowest BCUT2D eigenvalue weighted by Crippen LogP contribution is -2.42. The SMILES string of the molecule is CC(OC(=O)OC(CNC(=O)OC(C)(C)C)C(C)C)OC(=O)C(C)(C)Oc1ccc(CCNC(=O)c2ccc(Cl)cc2)cc1. The van der Waals surface area contributed by atoms with Crippen molar-refractivity contribution in [2.45, 2.75) is 85.4 Å². The van der Waals surface area contributed by atoms with Gasteiger partial charge in [-0.1, -0.05) is 37.6 Å². The highest BCUT2D eigenvalue weighted by molar-refractivity contribution is 6.30. The Morgan fingerprint density at radius 2 is 1.43 bits per heavy atom. The molecule has 44 heavy (non-hydrogen) atoms. The van der Waals surface area contributed by atoms with Crippen molar-refractivity contribution in [3.8, 4) is 5.75 Å². The van der Waals surface area contributed by atoms with Gasteiger partial charge in [0.25, 0.3) is 5.91 Å². The summed E-state index contributed by atoms with van der Waals surface area (Å²) >= 11 is 5.86. The van der Waals surface area contributed by atoms with Crippen molar-refractivity contribution in [3.63, 3.8) is 0 Å². The zero-order valence-electron chi connectivity index (χ0n) is 26.5. The van der Waals surface area contributed by atoms with Crippen molar-refractivity contribution < 1.29 is 42.9 Å². The number of hydrogen-bond acceptors (Lipinski definition) is 9. The minimum atomic E-state index is -1.41. The average molecular weight is 635 g/mol. The normalized spacial score (nSPS) is 12.9. The average Bonchev–Trinajstić information content (AvgIpc) is 2.90. The maximum absolute atomic E-state index is 12.8. The lowest BCUT2D eigenvalue weighted by Gasteiger charge is -2.27. The first-order valence-electron chi connectivity index (χ1n) is 14.3. The molecule has 0 aromatic heterocycles. The van der Waals surface area contributed by atoms with Crippen molar-refractivity contribution in [2.75, 3.05) is 13.1 Å². The van der Waals surface area contributed by atoms with E-state index in [0.717, 1.165) is 5.56 Å². The van der Waals surface area contributed by atoms with Gasteiger partial charge in [-0.15, -0.1) is 0 Å². The van der Waals surface area contributed by atoms with Crippen molar-refractivity contribution in [2.24, 2.45) is 5.92 Å². The first-order chi connectivity index (χ1) is 20.4. The molecule has 2 N–H and O–H groups in total. The maximum Gasteiger partial charge on any atom is 0.511 e. The fraction of sp³-hybridized carbons (Fsp3) is 0.500. The predicted octanol–water partition coefficient (Wildman–Crippen LogP) is 6.06. The summed E-state index contributed by atoms with van der Waals surface area (Å²) in [7, 11) is 0. The molecule has 2 atom stereocenters. The molecule has 242 valence electrons. The van der Waals surface area contributed by atoms with Crippen LogP contribution in [-0.2, 0) is 30.2 Å². The maximum atomic E-state index is 12.8. The van der Waals surface area contributed by atoms with E-state index in [2.05, 4.69) is 10.6 Å². The fourth-order valence-electron chi connectivity index (χ4n) is 3.60. The van der Waals surface area contributed by atoms with Crippen LogP contribution in [0.2, 0.25) is 5.02 Å². The molecule has 0 heterocycles. The zero-order valence-corrected chi connectivity index (χ0v) is 27.3. The number of alkyl carbamates (subject to hydrolysis) is 1. The Labute approximate surface area is 263 Å². The summed E-state index contributed by atoms with van der Waals surface area (Å²) in [5.41, 5.74) is -0.600. The van der Waals surface area contributed by atoms with Gasteiger partial charge in [0.15, 0.2) is 5.60 Å². The molecule has 0 radical (unpaired) electrons. The van der Waals surface area contributed by atoms with E-state index in [1.54, 1.807) is 57.2 Å². The van der Waals surface area contributed by atoms with E-state index < -0.39 is 41.8 Å². The number of nitrogens with one attached hydrogen (secondary N) is 2. The number of ether oxygens (including phenoxy) is 5. The van der Waals surface area contributed by atoms with Gasteiger partial charge in [-0.25, -0.2) is 14.4 Å². The number of halogens is 1. The van der Waals surface area contributed by atoms with E-state index in [1.807, 2.05) is 26.0 Å². The molecule has 0 saturated carbocycles. The molecule has 12 heteroatoms. The van der Waals surface area contributed by atoms with Gasteiger partial charge < -0.3 is 34.3 Å². The summed E-state index contributed by atoms with van der Waals surface area (Å²) < 4.78 is 26.7. The minimum absolute atomic E-state index is 0.00749. The van der Waals surface area contributed by atoms with Gasteiger partial charge in [-0.05, 0) is 88.9 Å². The number of carbonyl (C=O) groups excluding carboxylic acids is 4. The fourth-order valence-corrected chi connectivity index (χ4v) is 3.73. The molecule has 2 aromatic carbocycles. The summed E-state index contributed by atoms with van der Waals surface area (Å²) in [5.74, 6) is -0.685. The van der Waals surface area contributed by atoms with Crippen LogP contribution in [0.15, 0.2) is 48.5 Å². The number of rotatable bonds is 13. The molecule has 0 aliphatic heterocycles. The number of esters is 1. The lowest BCUT2D eigenvalue weighted by atomic mass is 10.1. The van der Waals surface area contributed by atoms with Crippen LogP contribution in [0.25, 0.3) is 0 Å². The van der Waals surface area contributed by atoms with Gasteiger partial charge in [0.1, 0.15) is 17.5 Å². The highest BCUT2D eigenvalue weighted by Gasteiger charge is 2.34. The van der Waals surface area contributed by atoms with Gasteiger partial charge >= 0.3 is 18.2 Å². The third-order valence-corrected chi connectivity index (χ3v) is 6.22. The van der Waals surface area contributed by atoms with Crippen molar-refractivity contribution in [1.29, 1.82) is 0 Å². The van der Waals surface area contributed by atoms with Crippen molar-refractivity contribution in [1.82, 2.24) is 10.6 Å². The molecule has 2 amide bonds. The first-order valence-corrected chi connectivity index (χ1v) is 14.7. The molecular weight excluding hydrogens is 592 g/mol.